The van der Waals surface area contributed by atoms with E-state index in [1.54, 1.807) is 25.1 Å². The average Bonchev–Trinajstić information content (AvgIpc) is 2.79. The maximum Gasteiger partial charge on any atom is 0.194 e. The summed E-state index contributed by atoms with van der Waals surface area (Å²) in [5.74, 6) is 0.636. The second-order valence-electron chi connectivity index (χ2n) is 4.26. The van der Waals surface area contributed by atoms with Crippen LogP contribution in [0.15, 0.2) is 29.4 Å². The van der Waals surface area contributed by atoms with Crippen LogP contribution in [0.5, 0.6) is 11.5 Å². The smallest absolute Gasteiger partial charge is 0.194 e. The first-order valence-electron chi connectivity index (χ1n) is 6.15. The fourth-order valence-corrected chi connectivity index (χ4v) is 2.36. The highest BCUT2D eigenvalue weighted by Crippen LogP contribution is 2.43. The van der Waals surface area contributed by atoms with Crippen LogP contribution in [0.25, 0.3) is 5.57 Å². The minimum absolute atomic E-state index is 0.0950. The number of hydrogen-bond donors (Lipinski definition) is 0. The van der Waals surface area contributed by atoms with Crippen molar-refractivity contribution in [3.63, 3.8) is 0 Å². The van der Waals surface area contributed by atoms with Crippen molar-refractivity contribution in [3.05, 3.63) is 40.5 Å². The number of nitrogens with zero attached hydrogens (tertiary/aromatic N) is 2. The molecule has 0 spiro atoms. The summed E-state index contributed by atoms with van der Waals surface area (Å²) in [5, 5.41) is 18.2. The maximum atomic E-state index is 12.4. The van der Waals surface area contributed by atoms with Gasteiger partial charge in [0.25, 0.3) is 0 Å². The summed E-state index contributed by atoms with van der Waals surface area (Å²) in [6.45, 7) is 1.69. The van der Waals surface area contributed by atoms with E-state index in [2.05, 4.69) is 0 Å². The molecule has 0 atom stereocenters. The molecule has 21 heavy (non-hydrogen) atoms. The second-order valence-corrected chi connectivity index (χ2v) is 4.26. The highest BCUT2D eigenvalue weighted by molar-refractivity contribution is 6.28. The Balaban J connectivity index is 2.88. The Labute approximate surface area is 122 Å². The zero-order valence-corrected chi connectivity index (χ0v) is 11.9. The molecule has 0 aromatic heterocycles. The van der Waals surface area contributed by atoms with Crippen molar-refractivity contribution < 1.29 is 14.3 Å². The van der Waals surface area contributed by atoms with E-state index < -0.39 is 0 Å². The van der Waals surface area contributed by atoms with Gasteiger partial charge in [-0.05, 0) is 24.6 Å². The number of ether oxygens (including phenoxy) is 2. The van der Waals surface area contributed by atoms with E-state index >= 15 is 0 Å². The van der Waals surface area contributed by atoms with Crippen molar-refractivity contribution in [1.82, 2.24) is 0 Å². The Bertz CT molecular complexity index is 758. The van der Waals surface area contributed by atoms with Gasteiger partial charge in [-0.15, -0.1) is 0 Å². The number of allylic oxidation sites excluding steroid dienone is 4. The van der Waals surface area contributed by atoms with E-state index in [4.69, 9.17) is 20.0 Å². The number of nitriles is 2. The molecule has 5 nitrogen and oxygen atoms in total. The van der Waals surface area contributed by atoms with Gasteiger partial charge < -0.3 is 9.47 Å². The zero-order valence-electron chi connectivity index (χ0n) is 11.9. The number of carbonyl (C=O) groups is 1. The SMILES string of the molecule is C/C=C1/C(=O)c2cc(OC)c(OC)cc2C1=C(C#N)C#N. The molecular weight excluding hydrogens is 268 g/mol. The van der Waals surface area contributed by atoms with Crippen LogP contribution in [-0.4, -0.2) is 20.0 Å². The van der Waals surface area contributed by atoms with Crippen LogP contribution in [0, 0.1) is 22.7 Å². The maximum absolute atomic E-state index is 12.4. The van der Waals surface area contributed by atoms with Crippen LogP contribution in [0.2, 0.25) is 0 Å². The van der Waals surface area contributed by atoms with Crippen LogP contribution in [0.3, 0.4) is 0 Å². The van der Waals surface area contributed by atoms with Gasteiger partial charge in [0.2, 0.25) is 0 Å². The fourth-order valence-electron chi connectivity index (χ4n) is 2.36. The van der Waals surface area contributed by atoms with Crippen LogP contribution in [-0.2, 0) is 0 Å². The minimum atomic E-state index is -0.230. The van der Waals surface area contributed by atoms with E-state index in [9.17, 15) is 4.79 Å². The summed E-state index contributed by atoms with van der Waals surface area (Å²) in [6, 6.07) is 6.86. The van der Waals surface area contributed by atoms with Crippen molar-refractivity contribution >= 4 is 11.4 Å². The Kier molecular flexibility index (Phi) is 3.77. The Morgan fingerprint density at radius 2 is 1.62 bits per heavy atom. The second kappa shape index (κ2) is 5.52. The van der Waals surface area contributed by atoms with Gasteiger partial charge in [-0.25, -0.2) is 0 Å². The monoisotopic (exact) mass is 280 g/mol. The lowest BCUT2D eigenvalue weighted by Crippen LogP contribution is -1.97. The number of fused-ring (bicyclic) bond motifs is 1. The Morgan fingerprint density at radius 3 is 2.05 bits per heavy atom. The summed E-state index contributed by atoms with van der Waals surface area (Å²) in [5.41, 5.74) is 1.52. The first-order chi connectivity index (χ1) is 10.1. The molecule has 1 aromatic carbocycles. The van der Waals surface area contributed by atoms with Gasteiger partial charge in [-0.3, -0.25) is 4.79 Å². The van der Waals surface area contributed by atoms with Gasteiger partial charge in [0.05, 0.1) is 14.2 Å². The number of Topliss-reactive ketones (excluding diaryl/α,β-unsaturated/α-hetero) is 1. The van der Waals surface area contributed by atoms with Crippen molar-refractivity contribution in [2.75, 3.05) is 14.2 Å². The molecular formula is C16H12N2O3. The third-order valence-corrected chi connectivity index (χ3v) is 3.31. The van der Waals surface area contributed by atoms with E-state index in [-0.39, 0.29) is 11.4 Å². The van der Waals surface area contributed by atoms with Crippen LogP contribution in [0.4, 0.5) is 0 Å². The molecule has 0 aliphatic heterocycles. The van der Waals surface area contributed by atoms with Gasteiger partial charge in [0.15, 0.2) is 17.3 Å². The van der Waals surface area contributed by atoms with Crippen molar-refractivity contribution in [2.24, 2.45) is 0 Å². The highest BCUT2D eigenvalue weighted by Gasteiger charge is 2.33. The summed E-state index contributed by atoms with van der Waals surface area (Å²) < 4.78 is 10.4. The predicted octanol–water partition coefficient (Wildman–Crippen LogP) is 2.65. The normalized spacial score (nSPS) is 14.4. The van der Waals surface area contributed by atoms with Gasteiger partial charge in [-0.2, -0.15) is 10.5 Å². The van der Waals surface area contributed by atoms with Gasteiger partial charge in [0, 0.05) is 16.7 Å². The molecule has 0 bridgehead atoms. The molecule has 0 radical (unpaired) electrons. The molecule has 104 valence electrons. The molecule has 0 amide bonds. The fraction of sp³-hybridized carbons (Fsp3) is 0.188. The molecule has 1 aliphatic carbocycles. The standard InChI is InChI=1S/C16H12N2O3/c1-4-10-15(9(7-17)8-18)11-5-13(20-2)14(21-3)6-12(11)16(10)19/h4-6H,1-3H3/b10-4+. The van der Waals surface area contributed by atoms with Gasteiger partial charge in [-0.1, -0.05) is 6.08 Å². The van der Waals surface area contributed by atoms with E-state index in [0.29, 0.717) is 33.8 Å². The average molecular weight is 280 g/mol. The highest BCUT2D eigenvalue weighted by atomic mass is 16.5. The first-order valence-corrected chi connectivity index (χ1v) is 6.15. The van der Waals surface area contributed by atoms with Crippen LogP contribution in [0.1, 0.15) is 22.8 Å². The quantitative estimate of drug-likeness (QED) is 0.614. The largest absolute Gasteiger partial charge is 0.493 e. The van der Waals surface area contributed by atoms with Gasteiger partial charge >= 0.3 is 0 Å². The van der Waals surface area contributed by atoms with E-state index in [1.165, 1.54) is 14.2 Å². The first kappa shape index (κ1) is 14.4. The summed E-state index contributed by atoms with van der Waals surface area (Å²) in [4.78, 5) is 12.4. The lowest BCUT2D eigenvalue weighted by molar-refractivity contribution is 0.104. The number of carbonyl (C=O) groups excluding carboxylic acids is 1. The molecule has 0 saturated carbocycles. The van der Waals surface area contributed by atoms with E-state index in [1.807, 2.05) is 12.1 Å². The number of methoxy groups -OCH3 is 2. The van der Waals surface area contributed by atoms with Gasteiger partial charge in [0.1, 0.15) is 17.7 Å². The molecule has 0 fully saturated rings. The van der Waals surface area contributed by atoms with Crippen LogP contribution >= 0.6 is 0 Å². The molecule has 1 aromatic rings. The lowest BCUT2D eigenvalue weighted by atomic mass is 9.99. The molecule has 2 rings (SSSR count). The van der Waals surface area contributed by atoms with Crippen molar-refractivity contribution in [3.8, 4) is 23.6 Å². The van der Waals surface area contributed by atoms with Crippen LogP contribution < -0.4 is 9.47 Å². The number of ketones is 1. The van der Waals surface area contributed by atoms with E-state index in [0.717, 1.165) is 0 Å². The number of hydrogen-bond acceptors (Lipinski definition) is 5. The summed E-state index contributed by atoms with van der Waals surface area (Å²) in [7, 11) is 2.96. The molecule has 0 N–H and O–H groups in total. The third kappa shape index (κ3) is 2.05. The Hall–Kier alpha value is -3.05. The third-order valence-electron chi connectivity index (χ3n) is 3.31. The summed E-state index contributed by atoms with van der Waals surface area (Å²) in [6.07, 6.45) is 1.60. The number of rotatable bonds is 2. The van der Waals surface area contributed by atoms with Crippen molar-refractivity contribution in [2.45, 2.75) is 6.92 Å². The molecule has 0 unspecified atom stereocenters. The van der Waals surface area contributed by atoms with Crippen molar-refractivity contribution in [1.29, 1.82) is 10.5 Å². The Morgan fingerprint density at radius 1 is 1.10 bits per heavy atom. The predicted molar refractivity (Wildman–Crippen MR) is 75.8 cm³/mol. The number of benzene rings is 1. The summed E-state index contributed by atoms with van der Waals surface area (Å²) >= 11 is 0. The molecule has 1 aliphatic rings. The molecule has 5 heteroatoms. The topological polar surface area (TPSA) is 83.1 Å². The lowest BCUT2D eigenvalue weighted by Gasteiger charge is -2.09. The minimum Gasteiger partial charge on any atom is -0.493 e. The zero-order chi connectivity index (χ0) is 15.6. The molecule has 0 heterocycles. The molecule has 0 saturated heterocycles.